The average molecular weight is 805 g/mol. The summed E-state index contributed by atoms with van der Waals surface area (Å²) < 4.78 is 4.58. The first-order valence-corrected chi connectivity index (χ1v) is 20.5. The van der Waals surface area contributed by atoms with E-state index in [1.165, 1.54) is 10.9 Å². The van der Waals surface area contributed by atoms with E-state index in [4.69, 9.17) is 0 Å². The fourth-order valence-electron chi connectivity index (χ4n) is 9.08. The lowest BCUT2D eigenvalue weighted by Gasteiger charge is -2.13. The van der Waals surface area contributed by atoms with Gasteiger partial charge in [-0.2, -0.15) is 10.5 Å². The van der Waals surface area contributed by atoms with E-state index in [-0.39, 0.29) is 0 Å². The molecule has 10 heteroatoms. The highest BCUT2D eigenvalue weighted by Crippen LogP contribution is 2.39. The molecular weight excluding hydrogens is 765 g/mol. The zero-order valence-corrected chi connectivity index (χ0v) is 35.5. The highest BCUT2D eigenvalue weighted by atomic mass is 15.0. The Balaban J connectivity index is 1.15. The lowest BCUT2D eigenvalue weighted by atomic mass is 9.96. The number of hydrogen-bond donors (Lipinski definition) is 0. The summed E-state index contributed by atoms with van der Waals surface area (Å²) in [5, 5.41) is 25.2. The van der Waals surface area contributed by atoms with Crippen molar-refractivity contribution in [3.8, 4) is 46.3 Å². The Morgan fingerprint density at radius 2 is 0.952 bits per heavy atom. The van der Waals surface area contributed by atoms with Gasteiger partial charge in [0, 0.05) is 44.0 Å². The molecule has 10 nitrogen and oxygen atoms in total. The second-order valence-electron chi connectivity index (χ2n) is 16.2. The molecule has 0 fully saturated rings. The third-order valence-electron chi connectivity index (χ3n) is 11.6. The van der Waals surface area contributed by atoms with Crippen LogP contribution in [0.5, 0.6) is 0 Å². The summed E-state index contributed by atoms with van der Waals surface area (Å²) in [7, 11) is 0. The number of aromatic nitrogens is 8. The molecule has 0 saturated carbocycles. The summed E-state index contributed by atoms with van der Waals surface area (Å²) in [5.41, 5.74) is 14.2. The highest BCUT2D eigenvalue weighted by molar-refractivity contribution is 6.12. The van der Waals surface area contributed by atoms with E-state index in [0.717, 1.165) is 71.9 Å². The fraction of sp³-hybridized carbons (Fsp3) is 0.154. The van der Waals surface area contributed by atoms with Crippen LogP contribution in [0.1, 0.15) is 62.2 Å². The maximum atomic E-state index is 10.4. The number of benzene rings is 6. The molecule has 0 saturated heterocycles. The molecule has 0 radical (unpaired) electrons. The van der Waals surface area contributed by atoms with Gasteiger partial charge in [-0.25, -0.2) is 29.9 Å². The Kier molecular flexibility index (Phi) is 8.97. The second kappa shape index (κ2) is 14.6. The van der Waals surface area contributed by atoms with Crippen molar-refractivity contribution in [3.05, 3.63) is 165 Å². The zero-order valence-electron chi connectivity index (χ0n) is 35.5. The van der Waals surface area contributed by atoms with E-state index >= 15 is 0 Å². The molecule has 0 aliphatic carbocycles. The monoisotopic (exact) mass is 804 g/mol. The Morgan fingerprint density at radius 3 is 1.60 bits per heavy atom. The molecule has 10 rings (SSSR count). The minimum absolute atomic E-state index is 0.484. The number of hydrogen-bond acceptors (Lipinski definition) is 8. The molecule has 0 spiro atoms. The molecule has 4 heterocycles. The molecule has 0 unspecified atom stereocenters. The Hall–Kier alpha value is -8.08. The van der Waals surface area contributed by atoms with Gasteiger partial charge in [0.2, 0.25) is 0 Å². The van der Waals surface area contributed by atoms with Gasteiger partial charge in [-0.3, -0.25) is 0 Å². The Labute approximate surface area is 358 Å². The minimum Gasteiger partial charge on any atom is -0.309 e. The van der Waals surface area contributed by atoms with Crippen molar-refractivity contribution in [3.63, 3.8) is 0 Å². The summed E-state index contributed by atoms with van der Waals surface area (Å²) in [6, 6.07) is 41.1. The van der Waals surface area contributed by atoms with Crippen molar-refractivity contribution in [2.45, 2.75) is 54.9 Å². The van der Waals surface area contributed by atoms with Gasteiger partial charge in [0.05, 0.1) is 45.3 Å². The van der Waals surface area contributed by atoms with Crippen molar-refractivity contribution in [1.29, 1.82) is 10.5 Å². The van der Waals surface area contributed by atoms with E-state index in [1.807, 2.05) is 58.0 Å². The summed E-state index contributed by atoms with van der Waals surface area (Å²) in [5.74, 6) is 3.41. The van der Waals surface area contributed by atoms with E-state index in [0.29, 0.717) is 63.6 Å². The van der Waals surface area contributed by atoms with Crippen molar-refractivity contribution < 1.29 is 0 Å². The first kappa shape index (κ1) is 38.1. The normalized spacial score (nSPS) is 11.5. The second-order valence-corrected chi connectivity index (χ2v) is 16.2. The van der Waals surface area contributed by atoms with Crippen molar-refractivity contribution in [2.24, 2.45) is 0 Å². The van der Waals surface area contributed by atoms with Crippen LogP contribution in [-0.4, -0.2) is 39.0 Å². The summed E-state index contributed by atoms with van der Waals surface area (Å²) in [4.78, 5) is 27.1. The molecular formula is C52H40N10. The molecule has 10 aromatic rings. The molecule has 0 aliphatic heterocycles. The molecule has 0 atom stereocenters. The number of rotatable bonds is 6. The molecule has 62 heavy (non-hydrogen) atoms. The minimum atomic E-state index is 0.484. The Morgan fingerprint density at radius 1 is 0.435 bits per heavy atom. The summed E-state index contributed by atoms with van der Waals surface area (Å²) >= 11 is 0. The van der Waals surface area contributed by atoms with Crippen LogP contribution < -0.4 is 0 Å². The van der Waals surface area contributed by atoms with Gasteiger partial charge in [0.25, 0.3) is 0 Å². The molecule has 298 valence electrons. The lowest BCUT2D eigenvalue weighted by molar-refractivity contribution is 0.927. The molecule has 4 aromatic heterocycles. The van der Waals surface area contributed by atoms with Crippen molar-refractivity contribution >= 4 is 43.6 Å². The van der Waals surface area contributed by atoms with Gasteiger partial charge in [-0.15, -0.1) is 0 Å². The van der Waals surface area contributed by atoms with Gasteiger partial charge in [0.1, 0.15) is 23.3 Å². The standard InChI is InChI=1S/C52H40N10/c1-28-8-14-42-43-16-10-35(23-48(43)61(46(42)19-28)39-13-17-41(38(24-39)27-54)51-57-31(4)55-32(5)58-51)22-37-18-30(3)21-49-50(37)44-15-9-29(2)20-47(44)62(49)40-12-11-36(26-53)45(25-40)52-59-33(6)56-34(7)60-52/h8-21,23-25H,22H2,1-7H3. The van der Waals surface area contributed by atoms with Crippen LogP contribution in [-0.2, 0) is 6.42 Å². The van der Waals surface area contributed by atoms with Crippen LogP contribution in [0.15, 0.2) is 103 Å². The first-order chi connectivity index (χ1) is 30.0. The molecule has 0 amide bonds. The van der Waals surface area contributed by atoms with E-state index in [2.05, 4.69) is 145 Å². The van der Waals surface area contributed by atoms with E-state index in [1.54, 1.807) is 0 Å². The molecule has 0 N–H and O–H groups in total. The van der Waals surface area contributed by atoms with Crippen LogP contribution in [0.2, 0.25) is 0 Å². The van der Waals surface area contributed by atoms with Crippen LogP contribution in [0, 0.1) is 71.1 Å². The quantitative estimate of drug-likeness (QED) is 0.162. The van der Waals surface area contributed by atoms with E-state index in [9.17, 15) is 10.5 Å². The van der Waals surface area contributed by atoms with Crippen LogP contribution in [0.3, 0.4) is 0 Å². The largest absolute Gasteiger partial charge is 0.309 e. The highest BCUT2D eigenvalue weighted by Gasteiger charge is 2.21. The fourth-order valence-corrected chi connectivity index (χ4v) is 9.08. The third kappa shape index (κ3) is 6.41. The Bertz CT molecular complexity index is 3570. The lowest BCUT2D eigenvalue weighted by Crippen LogP contribution is -2.02. The van der Waals surface area contributed by atoms with Gasteiger partial charge >= 0.3 is 0 Å². The number of nitriles is 2. The van der Waals surface area contributed by atoms with Gasteiger partial charge in [-0.1, -0.05) is 42.5 Å². The first-order valence-electron chi connectivity index (χ1n) is 20.5. The predicted molar refractivity (Wildman–Crippen MR) is 245 cm³/mol. The maximum Gasteiger partial charge on any atom is 0.164 e. The molecule has 6 aromatic carbocycles. The van der Waals surface area contributed by atoms with Crippen LogP contribution >= 0.6 is 0 Å². The van der Waals surface area contributed by atoms with Gasteiger partial charge in [0.15, 0.2) is 11.6 Å². The number of aryl methyl sites for hydroxylation is 7. The van der Waals surface area contributed by atoms with Crippen molar-refractivity contribution in [1.82, 2.24) is 39.0 Å². The van der Waals surface area contributed by atoms with Gasteiger partial charge in [-0.05, 0) is 143 Å². The number of fused-ring (bicyclic) bond motifs is 6. The summed E-state index contributed by atoms with van der Waals surface area (Å²) in [6.45, 7) is 13.7. The van der Waals surface area contributed by atoms with Crippen molar-refractivity contribution in [2.75, 3.05) is 0 Å². The molecule has 0 bridgehead atoms. The topological polar surface area (TPSA) is 135 Å². The maximum absolute atomic E-state index is 10.4. The van der Waals surface area contributed by atoms with Gasteiger partial charge < -0.3 is 9.13 Å². The van der Waals surface area contributed by atoms with Crippen LogP contribution in [0.25, 0.3) is 77.8 Å². The number of nitrogens with zero attached hydrogens (tertiary/aromatic N) is 10. The molecule has 0 aliphatic rings. The van der Waals surface area contributed by atoms with Crippen LogP contribution in [0.4, 0.5) is 0 Å². The predicted octanol–water partition coefficient (Wildman–Crippen LogP) is 11.1. The third-order valence-corrected chi connectivity index (χ3v) is 11.6. The summed E-state index contributed by atoms with van der Waals surface area (Å²) in [6.07, 6.45) is 0.685. The smallest absolute Gasteiger partial charge is 0.164 e. The average Bonchev–Trinajstić information content (AvgIpc) is 3.73. The zero-order chi connectivity index (χ0) is 43.0. The van der Waals surface area contributed by atoms with E-state index < -0.39 is 0 Å². The SMILES string of the molecule is Cc1ccc2c3ccc(Cc4cc(C)cc5c4c4ccc(C)cc4n5-c4ccc(C#N)c(-c5nc(C)nc(C)n5)c4)cc3n(-c3ccc(-c4nc(C)nc(C)n4)c(C#N)c3)c2c1.